The minimum atomic E-state index is -3.49. The Kier molecular flexibility index (Phi) is 7.31. The maximum Gasteiger partial charge on any atom is 0.241 e. The molecule has 1 rings (SSSR count). The zero-order valence-electron chi connectivity index (χ0n) is 13.4. The maximum atomic E-state index is 12.5. The molecule has 0 bridgehead atoms. The summed E-state index contributed by atoms with van der Waals surface area (Å²) in [6.45, 7) is 6.05. The average molecular weight is 313 g/mol. The molecular weight excluding hydrogens is 286 g/mol. The predicted molar refractivity (Wildman–Crippen MR) is 86.8 cm³/mol. The van der Waals surface area contributed by atoms with Crippen LogP contribution in [0.2, 0.25) is 0 Å². The van der Waals surface area contributed by atoms with Gasteiger partial charge >= 0.3 is 0 Å². The molecule has 1 atom stereocenters. The SMILES string of the molecule is CCCNCc1ccccc1S(=O)(=O)NC(C)CN(C)C. The third-order valence-electron chi connectivity index (χ3n) is 3.00. The zero-order chi connectivity index (χ0) is 15.9. The topological polar surface area (TPSA) is 61.4 Å². The molecule has 0 fully saturated rings. The van der Waals surface area contributed by atoms with Crippen molar-refractivity contribution in [2.75, 3.05) is 27.2 Å². The van der Waals surface area contributed by atoms with Crippen LogP contribution in [0.5, 0.6) is 0 Å². The molecule has 0 spiro atoms. The summed E-state index contributed by atoms with van der Waals surface area (Å²) >= 11 is 0. The third kappa shape index (κ3) is 6.13. The van der Waals surface area contributed by atoms with Gasteiger partial charge < -0.3 is 10.2 Å². The van der Waals surface area contributed by atoms with Crippen LogP contribution in [0.4, 0.5) is 0 Å². The van der Waals surface area contributed by atoms with Crippen molar-refractivity contribution >= 4 is 10.0 Å². The first kappa shape index (κ1) is 18.1. The molecule has 1 unspecified atom stereocenters. The number of nitrogens with zero attached hydrogens (tertiary/aromatic N) is 1. The van der Waals surface area contributed by atoms with Crippen LogP contribution in [0.3, 0.4) is 0 Å². The summed E-state index contributed by atoms with van der Waals surface area (Å²) in [4.78, 5) is 2.32. The lowest BCUT2D eigenvalue weighted by Crippen LogP contribution is -2.39. The molecule has 0 saturated carbocycles. The maximum absolute atomic E-state index is 12.5. The van der Waals surface area contributed by atoms with E-state index in [1.807, 2.05) is 38.1 Å². The molecule has 120 valence electrons. The molecule has 0 aliphatic carbocycles. The number of sulfonamides is 1. The minimum absolute atomic E-state index is 0.137. The Morgan fingerprint density at radius 1 is 1.24 bits per heavy atom. The molecule has 0 radical (unpaired) electrons. The Labute approximate surface area is 128 Å². The molecule has 1 aromatic rings. The summed E-state index contributed by atoms with van der Waals surface area (Å²) in [5.74, 6) is 0. The van der Waals surface area contributed by atoms with Gasteiger partial charge in [-0.3, -0.25) is 0 Å². The number of hydrogen-bond donors (Lipinski definition) is 2. The number of nitrogens with one attached hydrogen (secondary N) is 2. The second kappa shape index (κ2) is 8.48. The first-order valence-electron chi connectivity index (χ1n) is 7.32. The Hall–Kier alpha value is -0.950. The molecule has 0 aliphatic heterocycles. The van der Waals surface area contributed by atoms with Crippen LogP contribution in [0, 0.1) is 0 Å². The van der Waals surface area contributed by atoms with Gasteiger partial charge in [-0.25, -0.2) is 13.1 Å². The van der Waals surface area contributed by atoms with Crippen molar-refractivity contribution in [2.24, 2.45) is 0 Å². The normalized spacial score (nSPS) is 13.6. The first-order chi connectivity index (χ1) is 9.86. The van der Waals surface area contributed by atoms with Crippen molar-refractivity contribution in [3.63, 3.8) is 0 Å². The summed E-state index contributed by atoms with van der Waals surface area (Å²) < 4.78 is 27.8. The molecule has 0 heterocycles. The van der Waals surface area contributed by atoms with E-state index in [9.17, 15) is 8.42 Å². The van der Waals surface area contributed by atoms with E-state index >= 15 is 0 Å². The van der Waals surface area contributed by atoms with E-state index in [1.165, 1.54) is 0 Å². The Morgan fingerprint density at radius 3 is 2.52 bits per heavy atom. The standard InChI is InChI=1S/C15H27N3O2S/c1-5-10-16-11-14-8-6-7-9-15(14)21(19,20)17-13(2)12-18(3)4/h6-9,13,16-17H,5,10-12H2,1-4H3. The monoisotopic (exact) mass is 313 g/mol. The highest BCUT2D eigenvalue weighted by Crippen LogP contribution is 2.15. The van der Waals surface area contributed by atoms with Crippen molar-refractivity contribution in [3.8, 4) is 0 Å². The molecule has 2 N–H and O–H groups in total. The van der Waals surface area contributed by atoms with Crippen LogP contribution in [-0.2, 0) is 16.6 Å². The minimum Gasteiger partial charge on any atom is -0.313 e. The van der Waals surface area contributed by atoms with E-state index in [1.54, 1.807) is 12.1 Å². The molecule has 6 heteroatoms. The van der Waals surface area contributed by atoms with Gasteiger partial charge in [0.1, 0.15) is 0 Å². The van der Waals surface area contributed by atoms with Gasteiger partial charge in [0.15, 0.2) is 0 Å². The molecular formula is C15H27N3O2S. The molecule has 21 heavy (non-hydrogen) atoms. The van der Waals surface area contributed by atoms with Crippen LogP contribution >= 0.6 is 0 Å². The van der Waals surface area contributed by atoms with Crippen molar-refractivity contribution in [3.05, 3.63) is 29.8 Å². The lowest BCUT2D eigenvalue weighted by molar-refractivity contribution is 0.370. The zero-order valence-corrected chi connectivity index (χ0v) is 14.2. The summed E-state index contributed by atoms with van der Waals surface area (Å²) in [5.41, 5.74) is 0.801. The Bertz CT molecular complexity index is 529. The van der Waals surface area contributed by atoms with E-state index in [0.29, 0.717) is 18.0 Å². The summed E-state index contributed by atoms with van der Waals surface area (Å²) in [6.07, 6.45) is 1.02. The van der Waals surface area contributed by atoms with E-state index in [4.69, 9.17) is 0 Å². The smallest absolute Gasteiger partial charge is 0.241 e. The highest BCUT2D eigenvalue weighted by molar-refractivity contribution is 7.89. The van der Waals surface area contributed by atoms with Crippen LogP contribution in [-0.4, -0.2) is 46.5 Å². The molecule has 5 nitrogen and oxygen atoms in total. The number of hydrogen-bond acceptors (Lipinski definition) is 4. The van der Waals surface area contributed by atoms with Gasteiger partial charge in [0.05, 0.1) is 4.90 Å². The molecule has 0 saturated heterocycles. The Morgan fingerprint density at radius 2 is 1.90 bits per heavy atom. The van der Waals surface area contributed by atoms with Gasteiger partial charge in [-0.2, -0.15) is 0 Å². The quantitative estimate of drug-likeness (QED) is 0.677. The highest BCUT2D eigenvalue weighted by atomic mass is 32.2. The van der Waals surface area contributed by atoms with E-state index in [2.05, 4.69) is 17.0 Å². The first-order valence-corrected chi connectivity index (χ1v) is 8.80. The lowest BCUT2D eigenvalue weighted by atomic mass is 10.2. The second-order valence-electron chi connectivity index (χ2n) is 5.57. The third-order valence-corrected chi connectivity index (χ3v) is 4.69. The summed E-state index contributed by atoms with van der Waals surface area (Å²) in [5, 5.41) is 3.25. The van der Waals surface area contributed by atoms with Gasteiger partial charge in [-0.15, -0.1) is 0 Å². The van der Waals surface area contributed by atoms with Crippen molar-refractivity contribution in [1.82, 2.24) is 14.9 Å². The van der Waals surface area contributed by atoms with Gasteiger partial charge in [-0.05, 0) is 45.6 Å². The fourth-order valence-electron chi connectivity index (χ4n) is 2.23. The Balaban J connectivity index is 2.87. The fraction of sp³-hybridized carbons (Fsp3) is 0.600. The molecule has 0 amide bonds. The molecule has 1 aromatic carbocycles. The largest absolute Gasteiger partial charge is 0.313 e. The lowest BCUT2D eigenvalue weighted by Gasteiger charge is -2.19. The van der Waals surface area contributed by atoms with E-state index in [-0.39, 0.29) is 6.04 Å². The van der Waals surface area contributed by atoms with E-state index in [0.717, 1.165) is 18.5 Å². The second-order valence-corrected chi connectivity index (χ2v) is 7.25. The van der Waals surface area contributed by atoms with Crippen molar-refractivity contribution in [2.45, 2.75) is 37.8 Å². The highest BCUT2D eigenvalue weighted by Gasteiger charge is 2.20. The average Bonchev–Trinajstić information content (AvgIpc) is 2.37. The van der Waals surface area contributed by atoms with Gasteiger partial charge in [-0.1, -0.05) is 25.1 Å². The summed E-state index contributed by atoms with van der Waals surface area (Å²) in [6, 6.07) is 7.00. The van der Waals surface area contributed by atoms with Gasteiger partial charge in [0.25, 0.3) is 0 Å². The van der Waals surface area contributed by atoms with Gasteiger partial charge in [0.2, 0.25) is 10.0 Å². The summed E-state index contributed by atoms with van der Waals surface area (Å²) in [7, 11) is 0.358. The number of benzene rings is 1. The van der Waals surface area contributed by atoms with Crippen molar-refractivity contribution < 1.29 is 8.42 Å². The fourth-order valence-corrected chi connectivity index (χ4v) is 3.70. The van der Waals surface area contributed by atoms with Crippen LogP contribution in [0.15, 0.2) is 29.2 Å². The molecule has 0 aromatic heterocycles. The van der Waals surface area contributed by atoms with Crippen LogP contribution < -0.4 is 10.0 Å². The molecule has 0 aliphatic rings. The van der Waals surface area contributed by atoms with Crippen LogP contribution in [0.1, 0.15) is 25.8 Å². The van der Waals surface area contributed by atoms with Crippen molar-refractivity contribution in [1.29, 1.82) is 0 Å². The number of likely N-dealkylation sites (N-methyl/N-ethyl adjacent to an activating group) is 1. The predicted octanol–water partition coefficient (Wildman–Crippen LogP) is 1.41. The van der Waals surface area contributed by atoms with Gasteiger partial charge in [0, 0.05) is 19.1 Å². The van der Waals surface area contributed by atoms with Crippen LogP contribution in [0.25, 0.3) is 0 Å². The number of rotatable bonds is 9. The van der Waals surface area contributed by atoms with E-state index < -0.39 is 10.0 Å².